The molecular formula is C29H36Cl2N2O3. The molecule has 0 aromatic heterocycles. The minimum atomic E-state index is -0.130. The smallest absolute Gasteiger partial charge is 0.127 e. The van der Waals surface area contributed by atoms with Gasteiger partial charge >= 0.3 is 0 Å². The first-order chi connectivity index (χ1) is 16.6. The number of ether oxygens (including phenoxy) is 2. The van der Waals surface area contributed by atoms with Crippen molar-refractivity contribution in [3.05, 3.63) is 89.0 Å². The van der Waals surface area contributed by atoms with Gasteiger partial charge in [0.15, 0.2) is 0 Å². The van der Waals surface area contributed by atoms with E-state index in [1.807, 2.05) is 55.5 Å². The van der Waals surface area contributed by atoms with Crippen molar-refractivity contribution >= 4 is 24.8 Å². The molecule has 2 aliphatic heterocycles. The van der Waals surface area contributed by atoms with Gasteiger partial charge in [-0.2, -0.15) is 0 Å². The Balaban J connectivity index is 0.00000180. The molecule has 1 saturated heterocycles. The molecule has 2 heterocycles. The van der Waals surface area contributed by atoms with Crippen LogP contribution in [0.25, 0.3) is 0 Å². The third-order valence-electron chi connectivity index (χ3n) is 7.29. The van der Waals surface area contributed by atoms with Crippen LogP contribution in [0.15, 0.2) is 66.7 Å². The maximum atomic E-state index is 10.7. The zero-order valence-electron chi connectivity index (χ0n) is 20.6. The van der Waals surface area contributed by atoms with E-state index in [2.05, 4.69) is 23.1 Å². The Morgan fingerprint density at radius 3 is 2.28 bits per heavy atom. The van der Waals surface area contributed by atoms with Crippen LogP contribution in [0.5, 0.6) is 17.2 Å². The second-order valence-electron chi connectivity index (χ2n) is 9.57. The molecule has 7 heteroatoms. The van der Waals surface area contributed by atoms with E-state index < -0.39 is 0 Å². The Kier molecular flexibility index (Phi) is 10.1. The number of aromatic hydroxyl groups is 1. The van der Waals surface area contributed by atoms with Crippen LogP contribution in [0.3, 0.4) is 0 Å². The third-order valence-corrected chi connectivity index (χ3v) is 7.29. The van der Waals surface area contributed by atoms with Gasteiger partial charge in [0, 0.05) is 25.1 Å². The van der Waals surface area contributed by atoms with Crippen molar-refractivity contribution < 1.29 is 14.6 Å². The summed E-state index contributed by atoms with van der Waals surface area (Å²) < 4.78 is 12.4. The number of benzene rings is 3. The Morgan fingerprint density at radius 1 is 0.944 bits per heavy atom. The monoisotopic (exact) mass is 530 g/mol. The Bertz CT molecular complexity index is 1100. The van der Waals surface area contributed by atoms with Crippen LogP contribution in [-0.4, -0.2) is 35.7 Å². The van der Waals surface area contributed by atoms with Crippen LogP contribution < -0.4 is 10.5 Å². The van der Waals surface area contributed by atoms with E-state index >= 15 is 0 Å². The van der Waals surface area contributed by atoms with Crippen molar-refractivity contribution in [1.82, 2.24) is 4.90 Å². The molecule has 5 nitrogen and oxygen atoms in total. The number of phenols is 1. The fourth-order valence-electron chi connectivity index (χ4n) is 5.31. The van der Waals surface area contributed by atoms with E-state index in [-0.39, 0.29) is 37.0 Å². The molecular weight excluding hydrogens is 495 g/mol. The number of piperidine rings is 1. The summed E-state index contributed by atoms with van der Waals surface area (Å²) in [4.78, 5) is 2.52. The van der Waals surface area contributed by atoms with Gasteiger partial charge in [0.1, 0.15) is 17.2 Å². The van der Waals surface area contributed by atoms with Crippen LogP contribution in [-0.2, 0) is 17.7 Å². The highest BCUT2D eigenvalue weighted by atomic mass is 35.5. The van der Waals surface area contributed by atoms with Crippen LogP contribution in [0.2, 0.25) is 0 Å². The number of phenolic OH excluding ortho intramolecular Hbond substituents is 1. The fourth-order valence-corrected chi connectivity index (χ4v) is 5.31. The Hall–Kier alpha value is -2.28. The van der Waals surface area contributed by atoms with Gasteiger partial charge in [-0.25, -0.2) is 0 Å². The standard InChI is InChI=1S/C29H34N2O3.2ClH/c1-20-7-12-25-26(29(20)32)17-27(34-28(25)18-30)22-13-15-31(16-14-22)19-21-8-10-24(11-9-21)33-23-5-3-2-4-6-23;;/h2-12,22,27-28,32H,13-19,30H2,1H3;2*1H/t27-,28-;;/m0../s1. The highest BCUT2D eigenvalue weighted by Gasteiger charge is 2.35. The zero-order chi connectivity index (χ0) is 23.5. The van der Waals surface area contributed by atoms with Gasteiger partial charge in [0.05, 0.1) is 12.2 Å². The first-order valence-corrected chi connectivity index (χ1v) is 12.3. The number of hydrogen-bond acceptors (Lipinski definition) is 5. The van der Waals surface area contributed by atoms with E-state index in [1.54, 1.807) is 0 Å². The lowest BCUT2D eigenvalue weighted by Crippen LogP contribution is -2.41. The molecule has 0 unspecified atom stereocenters. The molecule has 3 N–H and O–H groups in total. The maximum absolute atomic E-state index is 10.7. The molecule has 194 valence electrons. The second-order valence-corrected chi connectivity index (χ2v) is 9.57. The quantitative estimate of drug-likeness (QED) is 0.397. The number of para-hydroxylation sites is 1. The van der Waals surface area contributed by atoms with Crippen molar-refractivity contribution in [2.45, 2.75) is 44.9 Å². The number of aryl methyl sites for hydroxylation is 1. The molecule has 5 rings (SSSR count). The topological polar surface area (TPSA) is 68.0 Å². The molecule has 3 aromatic rings. The van der Waals surface area contributed by atoms with E-state index in [1.165, 1.54) is 5.56 Å². The number of nitrogens with zero attached hydrogens (tertiary/aromatic N) is 1. The maximum Gasteiger partial charge on any atom is 0.127 e. The van der Waals surface area contributed by atoms with Crippen molar-refractivity contribution in [3.63, 3.8) is 0 Å². The minimum absolute atomic E-state index is 0. The summed E-state index contributed by atoms with van der Waals surface area (Å²) in [5.74, 6) is 2.61. The van der Waals surface area contributed by atoms with E-state index in [4.69, 9.17) is 15.2 Å². The Morgan fingerprint density at radius 2 is 1.61 bits per heavy atom. The lowest BCUT2D eigenvalue weighted by molar-refractivity contribution is -0.0651. The molecule has 3 aromatic carbocycles. The predicted molar refractivity (Wildman–Crippen MR) is 149 cm³/mol. The molecule has 0 spiro atoms. The number of likely N-dealkylation sites (tertiary alicyclic amines) is 1. The van der Waals surface area contributed by atoms with Gasteiger partial charge < -0.3 is 20.3 Å². The number of nitrogens with two attached hydrogens (primary N) is 1. The normalized spacial score (nSPS) is 20.1. The SMILES string of the molecule is Cc1ccc2c(c1O)C[C@@H](C1CCN(Cc3ccc(Oc4ccccc4)cc3)CC1)O[C@H]2CN.Cl.Cl. The van der Waals surface area contributed by atoms with Gasteiger partial charge in [-0.1, -0.05) is 42.5 Å². The highest BCUT2D eigenvalue weighted by Crippen LogP contribution is 2.40. The molecule has 2 aliphatic rings. The van der Waals surface area contributed by atoms with Gasteiger partial charge in [-0.3, -0.25) is 4.90 Å². The first-order valence-electron chi connectivity index (χ1n) is 12.3. The molecule has 0 aliphatic carbocycles. The second kappa shape index (κ2) is 12.8. The number of fused-ring (bicyclic) bond motifs is 1. The Labute approximate surface area is 226 Å². The number of hydrogen-bond donors (Lipinski definition) is 2. The summed E-state index contributed by atoms with van der Waals surface area (Å²) in [6.45, 7) is 5.43. The number of rotatable bonds is 6. The lowest BCUT2D eigenvalue weighted by atomic mass is 9.83. The van der Waals surface area contributed by atoms with Crippen LogP contribution >= 0.6 is 24.8 Å². The van der Waals surface area contributed by atoms with E-state index in [9.17, 15) is 5.11 Å². The van der Waals surface area contributed by atoms with Crippen molar-refractivity contribution in [2.24, 2.45) is 11.7 Å². The third kappa shape index (κ3) is 6.34. The van der Waals surface area contributed by atoms with Gasteiger partial charge in [-0.05, 0) is 79.7 Å². The van der Waals surface area contributed by atoms with Crippen molar-refractivity contribution in [3.8, 4) is 17.2 Å². The van der Waals surface area contributed by atoms with Gasteiger partial charge in [0.25, 0.3) is 0 Å². The largest absolute Gasteiger partial charge is 0.507 e. The number of halogens is 2. The lowest BCUT2D eigenvalue weighted by Gasteiger charge is -2.40. The predicted octanol–water partition coefficient (Wildman–Crippen LogP) is 6.19. The average molecular weight is 532 g/mol. The highest BCUT2D eigenvalue weighted by molar-refractivity contribution is 5.85. The van der Waals surface area contributed by atoms with Crippen LogP contribution in [0.4, 0.5) is 0 Å². The van der Waals surface area contributed by atoms with Crippen LogP contribution in [0, 0.1) is 12.8 Å². The van der Waals surface area contributed by atoms with Crippen LogP contribution in [0.1, 0.15) is 41.2 Å². The summed E-state index contributed by atoms with van der Waals surface area (Å²) >= 11 is 0. The van der Waals surface area contributed by atoms with E-state index in [0.717, 1.165) is 67.1 Å². The average Bonchev–Trinajstić information content (AvgIpc) is 2.88. The molecule has 0 saturated carbocycles. The van der Waals surface area contributed by atoms with Gasteiger partial charge in [-0.15, -0.1) is 24.8 Å². The summed E-state index contributed by atoms with van der Waals surface area (Å²) in [5, 5.41) is 10.7. The fraction of sp³-hybridized carbons (Fsp3) is 0.379. The van der Waals surface area contributed by atoms with Gasteiger partial charge in [0.2, 0.25) is 0 Å². The first kappa shape index (κ1) is 28.3. The molecule has 2 atom stereocenters. The molecule has 0 radical (unpaired) electrons. The minimum Gasteiger partial charge on any atom is -0.507 e. The van der Waals surface area contributed by atoms with Crippen molar-refractivity contribution in [1.29, 1.82) is 0 Å². The summed E-state index contributed by atoms with van der Waals surface area (Å²) in [5.41, 5.74) is 10.3. The summed E-state index contributed by atoms with van der Waals surface area (Å²) in [7, 11) is 0. The molecule has 36 heavy (non-hydrogen) atoms. The summed E-state index contributed by atoms with van der Waals surface area (Å²) in [6, 6.07) is 22.3. The van der Waals surface area contributed by atoms with E-state index in [0.29, 0.717) is 18.2 Å². The zero-order valence-corrected chi connectivity index (χ0v) is 22.3. The summed E-state index contributed by atoms with van der Waals surface area (Å²) in [6.07, 6.45) is 2.95. The molecule has 0 amide bonds. The molecule has 1 fully saturated rings. The van der Waals surface area contributed by atoms with Crippen molar-refractivity contribution in [2.75, 3.05) is 19.6 Å². The molecule has 0 bridgehead atoms.